The number of anilines is 2. The molecule has 0 radical (unpaired) electrons. The second-order valence-corrected chi connectivity index (χ2v) is 7.33. The summed E-state index contributed by atoms with van der Waals surface area (Å²) in [5.41, 5.74) is 3.08. The molecule has 1 aliphatic heterocycles. The lowest BCUT2D eigenvalue weighted by Gasteiger charge is -2.36. The monoisotopic (exact) mass is 395 g/mol. The number of hydrogen-bond acceptors (Lipinski definition) is 6. The van der Waals surface area contributed by atoms with E-state index in [0.29, 0.717) is 5.82 Å². The fourth-order valence-corrected chi connectivity index (χ4v) is 3.63. The summed E-state index contributed by atoms with van der Waals surface area (Å²) in [7, 11) is 0. The Morgan fingerprint density at radius 1 is 1.03 bits per heavy atom. The number of nitrogens with zero attached hydrogens (tertiary/aromatic N) is 6. The van der Waals surface area contributed by atoms with E-state index in [1.165, 1.54) is 12.1 Å². The van der Waals surface area contributed by atoms with Gasteiger partial charge in [0.1, 0.15) is 11.6 Å². The Labute approximate surface area is 170 Å². The highest BCUT2D eigenvalue weighted by molar-refractivity contribution is 5.46. The Morgan fingerprint density at radius 2 is 1.79 bits per heavy atom. The zero-order valence-electron chi connectivity index (χ0n) is 16.8. The van der Waals surface area contributed by atoms with Gasteiger partial charge >= 0.3 is 0 Å². The number of piperazine rings is 1. The average molecular weight is 395 g/mol. The van der Waals surface area contributed by atoms with E-state index in [4.69, 9.17) is 0 Å². The molecule has 0 spiro atoms. The maximum Gasteiger partial charge on any atom is 0.174 e. The molecule has 1 saturated heterocycles. The molecule has 3 aromatic rings. The number of aromatic nitrogens is 4. The van der Waals surface area contributed by atoms with Crippen LogP contribution in [0, 0.1) is 19.7 Å². The van der Waals surface area contributed by atoms with Gasteiger partial charge in [0, 0.05) is 50.6 Å². The molecule has 0 atom stereocenters. The van der Waals surface area contributed by atoms with E-state index < -0.39 is 0 Å². The van der Waals surface area contributed by atoms with Gasteiger partial charge in [0.2, 0.25) is 0 Å². The zero-order chi connectivity index (χ0) is 20.2. The first-order chi connectivity index (χ1) is 14.1. The minimum atomic E-state index is -0.191. The molecule has 3 heterocycles. The largest absolute Gasteiger partial charge is 0.369 e. The lowest BCUT2D eigenvalue weighted by atomic mass is 10.2. The first-order valence-corrected chi connectivity index (χ1v) is 9.91. The summed E-state index contributed by atoms with van der Waals surface area (Å²) < 4.78 is 14.9. The van der Waals surface area contributed by atoms with Crippen LogP contribution >= 0.6 is 0 Å². The van der Waals surface area contributed by atoms with Gasteiger partial charge in [-0.15, -0.1) is 0 Å². The van der Waals surface area contributed by atoms with Crippen LogP contribution in [0.15, 0.2) is 42.7 Å². The van der Waals surface area contributed by atoms with Crippen LogP contribution in [0.2, 0.25) is 0 Å². The Hall–Kier alpha value is -3.00. The third kappa shape index (κ3) is 4.71. The van der Waals surface area contributed by atoms with E-state index in [1.807, 2.05) is 36.7 Å². The SMILES string of the molecule is Cc1cc(C)n(-c2cncc(NCCN3CCN(c4ccc(F)cc4)CC3)n2)n1. The quantitative estimate of drug-likeness (QED) is 0.692. The van der Waals surface area contributed by atoms with Crippen molar-refractivity contribution in [3.8, 4) is 5.82 Å². The third-order valence-electron chi connectivity index (χ3n) is 5.15. The van der Waals surface area contributed by atoms with E-state index in [-0.39, 0.29) is 5.82 Å². The molecule has 4 rings (SSSR count). The lowest BCUT2D eigenvalue weighted by Crippen LogP contribution is -2.47. The van der Waals surface area contributed by atoms with Gasteiger partial charge in [-0.05, 0) is 44.2 Å². The topological polar surface area (TPSA) is 62.1 Å². The first-order valence-electron chi connectivity index (χ1n) is 9.91. The van der Waals surface area contributed by atoms with Crippen LogP contribution in [0.25, 0.3) is 5.82 Å². The van der Waals surface area contributed by atoms with Gasteiger partial charge in [0.05, 0.1) is 18.1 Å². The molecule has 1 aromatic carbocycles. The zero-order valence-corrected chi connectivity index (χ0v) is 16.8. The molecule has 0 bridgehead atoms. The van der Waals surface area contributed by atoms with Gasteiger partial charge in [-0.25, -0.2) is 14.1 Å². The molecule has 0 aliphatic carbocycles. The number of aryl methyl sites for hydroxylation is 2. The summed E-state index contributed by atoms with van der Waals surface area (Å²) in [6, 6.07) is 8.76. The van der Waals surface area contributed by atoms with Crippen molar-refractivity contribution in [2.45, 2.75) is 13.8 Å². The summed E-state index contributed by atoms with van der Waals surface area (Å²) in [5.74, 6) is 1.27. The van der Waals surface area contributed by atoms with Crippen molar-refractivity contribution in [1.82, 2.24) is 24.6 Å². The highest BCUT2D eigenvalue weighted by Gasteiger charge is 2.17. The maximum absolute atomic E-state index is 13.1. The summed E-state index contributed by atoms with van der Waals surface area (Å²) in [6.07, 6.45) is 3.46. The van der Waals surface area contributed by atoms with Crippen LogP contribution in [0.3, 0.4) is 0 Å². The van der Waals surface area contributed by atoms with Crippen LogP contribution in [-0.4, -0.2) is 63.9 Å². The number of hydrogen-bond donors (Lipinski definition) is 1. The summed E-state index contributed by atoms with van der Waals surface area (Å²) in [4.78, 5) is 13.6. The summed E-state index contributed by atoms with van der Waals surface area (Å²) >= 11 is 0. The van der Waals surface area contributed by atoms with Crippen molar-refractivity contribution in [1.29, 1.82) is 0 Å². The third-order valence-corrected chi connectivity index (χ3v) is 5.15. The number of halogens is 1. The second kappa shape index (κ2) is 8.57. The first kappa shape index (κ1) is 19.3. The van der Waals surface area contributed by atoms with Crippen molar-refractivity contribution in [2.75, 3.05) is 49.5 Å². The molecule has 1 fully saturated rings. The van der Waals surface area contributed by atoms with Gasteiger partial charge in [-0.1, -0.05) is 0 Å². The lowest BCUT2D eigenvalue weighted by molar-refractivity contribution is 0.267. The maximum atomic E-state index is 13.1. The van der Waals surface area contributed by atoms with E-state index in [0.717, 1.165) is 62.2 Å². The van der Waals surface area contributed by atoms with Gasteiger partial charge in [0.15, 0.2) is 5.82 Å². The summed E-state index contributed by atoms with van der Waals surface area (Å²) in [5, 5.41) is 7.83. The molecule has 2 aromatic heterocycles. The van der Waals surface area contributed by atoms with Crippen LogP contribution < -0.4 is 10.2 Å². The molecular weight excluding hydrogens is 369 g/mol. The second-order valence-electron chi connectivity index (χ2n) is 7.33. The molecule has 0 unspecified atom stereocenters. The normalized spacial score (nSPS) is 14.9. The summed E-state index contributed by atoms with van der Waals surface area (Å²) in [6.45, 7) is 9.56. The van der Waals surface area contributed by atoms with Gasteiger partial charge in [-0.2, -0.15) is 5.10 Å². The predicted molar refractivity (Wildman–Crippen MR) is 112 cm³/mol. The minimum Gasteiger partial charge on any atom is -0.369 e. The Kier molecular flexibility index (Phi) is 5.71. The minimum absolute atomic E-state index is 0.191. The fraction of sp³-hybridized carbons (Fsp3) is 0.381. The van der Waals surface area contributed by atoms with Crippen molar-refractivity contribution >= 4 is 11.5 Å². The Balaban J connectivity index is 1.26. The Bertz CT molecular complexity index is 946. The van der Waals surface area contributed by atoms with Crippen molar-refractivity contribution < 1.29 is 4.39 Å². The van der Waals surface area contributed by atoms with Crippen LogP contribution in [0.4, 0.5) is 15.9 Å². The van der Waals surface area contributed by atoms with Gasteiger partial charge in [-0.3, -0.25) is 9.88 Å². The molecular formula is C21H26FN7. The molecule has 0 saturated carbocycles. The van der Waals surface area contributed by atoms with Gasteiger partial charge in [0.25, 0.3) is 0 Å². The van der Waals surface area contributed by atoms with E-state index in [1.54, 1.807) is 12.4 Å². The predicted octanol–water partition coefficient (Wildman–Crippen LogP) is 2.65. The van der Waals surface area contributed by atoms with Crippen molar-refractivity contribution in [3.05, 3.63) is 59.9 Å². The van der Waals surface area contributed by atoms with E-state index >= 15 is 0 Å². The Morgan fingerprint density at radius 3 is 2.48 bits per heavy atom. The number of rotatable bonds is 6. The molecule has 0 amide bonds. The number of benzene rings is 1. The molecule has 1 N–H and O–H groups in total. The average Bonchev–Trinajstić information content (AvgIpc) is 3.07. The smallest absolute Gasteiger partial charge is 0.174 e. The van der Waals surface area contributed by atoms with Crippen LogP contribution in [-0.2, 0) is 0 Å². The van der Waals surface area contributed by atoms with E-state index in [2.05, 4.69) is 30.2 Å². The van der Waals surface area contributed by atoms with Crippen LogP contribution in [0.5, 0.6) is 0 Å². The molecule has 1 aliphatic rings. The molecule has 29 heavy (non-hydrogen) atoms. The standard InChI is InChI=1S/C21H26FN7/c1-16-13-17(2)29(26-16)21-15-23-14-20(25-21)24-7-8-27-9-11-28(12-10-27)19-5-3-18(22)4-6-19/h3-6,13-15H,7-12H2,1-2H3,(H,24,25). The fourth-order valence-electron chi connectivity index (χ4n) is 3.63. The van der Waals surface area contributed by atoms with E-state index in [9.17, 15) is 4.39 Å². The highest BCUT2D eigenvalue weighted by atomic mass is 19.1. The van der Waals surface area contributed by atoms with Crippen molar-refractivity contribution in [3.63, 3.8) is 0 Å². The van der Waals surface area contributed by atoms with Crippen LogP contribution in [0.1, 0.15) is 11.4 Å². The van der Waals surface area contributed by atoms with Gasteiger partial charge < -0.3 is 10.2 Å². The highest BCUT2D eigenvalue weighted by Crippen LogP contribution is 2.17. The molecule has 7 nitrogen and oxygen atoms in total. The van der Waals surface area contributed by atoms with Crippen molar-refractivity contribution in [2.24, 2.45) is 0 Å². The molecule has 152 valence electrons. The molecule has 8 heteroatoms. The number of nitrogens with one attached hydrogen (secondary N) is 1.